The molecular weight excluding hydrogens is 276 g/mol. The molecular formula is C15H17ClN2O2. The van der Waals surface area contributed by atoms with Gasteiger partial charge in [0.15, 0.2) is 0 Å². The summed E-state index contributed by atoms with van der Waals surface area (Å²) in [7, 11) is 1.74. The molecule has 0 saturated carbocycles. The van der Waals surface area contributed by atoms with E-state index in [2.05, 4.69) is 4.98 Å². The van der Waals surface area contributed by atoms with Gasteiger partial charge in [0.1, 0.15) is 16.7 Å². The number of aryl methyl sites for hydroxylation is 2. The van der Waals surface area contributed by atoms with Crippen molar-refractivity contribution in [3.8, 4) is 0 Å². The number of hydrogen-bond donors (Lipinski definition) is 0. The van der Waals surface area contributed by atoms with Gasteiger partial charge < -0.3 is 9.32 Å². The Bertz CT molecular complexity index is 622. The predicted molar refractivity (Wildman–Crippen MR) is 77.9 cm³/mol. The van der Waals surface area contributed by atoms with Crippen LogP contribution in [0.5, 0.6) is 0 Å². The highest BCUT2D eigenvalue weighted by Gasteiger charge is 2.15. The molecule has 20 heavy (non-hydrogen) atoms. The van der Waals surface area contributed by atoms with E-state index in [1.807, 2.05) is 26.0 Å². The summed E-state index contributed by atoms with van der Waals surface area (Å²) in [5.41, 5.74) is 1.36. The third kappa shape index (κ3) is 3.39. The molecule has 0 atom stereocenters. The Morgan fingerprint density at radius 3 is 2.75 bits per heavy atom. The normalized spacial score (nSPS) is 10.6. The molecule has 0 radical (unpaired) electrons. The van der Waals surface area contributed by atoms with Crippen LogP contribution >= 0.6 is 11.6 Å². The summed E-state index contributed by atoms with van der Waals surface area (Å²) in [6.07, 6.45) is 0.738. The van der Waals surface area contributed by atoms with E-state index in [0.29, 0.717) is 17.3 Å². The van der Waals surface area contributed by atoms with Crippen LogP contribution in [0.2, 0.25) is 5.15 Å². The van der Waals surface area contributed by atoms with Crippen molar-refractivity contribution in [3.63, 3.8) is 0 Å². The first kappa shape index (κ1) is 14.6. The van der Waals surface area contributed by atoms with Gasteiger partial charge in [0, 0.05) is 18.3 Å². The highest BCUT2D eigenvalue weighted by Crippen LogP contribution is 2.15. The van der Waals surface area contributed by atoms with Gasteiger partial charge in [-0.25, -0.2) is 4.98 Å². The SMILES string of the molecule is CCc1cc(C(=O)N(C)Cc2ccc(C)o2)cc(Cl)n1. The van der Waals surface area contributed by atoms with Gasteiger partial charge in [-0.1, -0.05) is 18.5 Å². The zero-order valence-corrected chi connectivity index (χ0v) is 12.6. The highest BCUT2D eigenvalue weighted by atomic mass is 35.5. The van der Waals surface area contributed by atoms with E-state index >= 15 is 0 Å². The van der Waals surface area contributed by atoms with Crippen LogP contribution in [0.15, 0.2) is 28.7 Å². The molecule has 0 fully saturated rings. The van der Waals surface area contributed by atoms with Crippen LogP contribution in [0.1, 0.15) is 34.5 Å². The van der Waals surface area contributed by atoms with Crippen molar-refractivity contribution in [3.05, 3.63) is 52.2 Å². The van der Waals surface area contributed by atoms with Crippen molar-refractivity contribution in [1.29, 1.82) is 0 Å². The largest absolute Gasteiger partial charge is 0.464 e. The fourth-order valence-corrected chi connectivity index (χ4v) is 2.18. The number of carbonyl (C=O) groups is 1. The minimum absolute atomic E-state index is 0.0990. The maximum atomic E-state index is 12.4. The monoisotopic (exact) mass is 292 g/mol. The molecule has 2 rings (SSSR count). The lowest BCUT2D eigenvalue weighted by Gasteiger charge is -2.16. The number of hydrogen-bond acceptors (Lipinski definition) is 3. The Hall–Kier alpha value is -1.81. The number of halogens is 1. The number of nitrogens with zero attached hydrogens (tertiary/aromatic N) is 2. The summed E-state index contributed by atoms with van der Waals surface area (Å²) < 4.78 is 5.48. The molecule has 0 spiro atoms. The molecule has 106 valence electrons. The van der Waals surface area contributed by atoms with Gasteiger partial charge in [0.2, 0.25) is 0 Å². The molecule has 0 aliphatic carbocycles. The van der Waals surface area contributed by atoms with Crippen molar-refractivity contribution < 1.29 is 9.21 Å². The Morgan fingerprint density at radius 2 is 2.15 bits per heavy atom. The third-order valence-corrected chi connectivity index (χ3v) is 3.19. The molecule has 0 aromatic carbocycles. The molecule has 2 aromatic heterocycles. The second-order valence-corrected chi connectivity index (χ2v) is 5.08. The summed E-state index contributed by atoms with van der Waals surface area (Å²) in [5.74, 6) is 1.49. The first-order valence-corrected chi connectivity index (χ1v) is 6.84. The van der Waals surface area contributed by atoms with Crippen molar-refractivity contribution in [2.45, 2.75) is 26.8 Å². The number of carbonyl (C=O) groups excluding carboxylic acids is 1. The first-order valence-electron chi connectivity index (χ1n) is 6.47. The summed E-state index contributed by atoms with van der Waals surface area (Å²) in [6.45, 7) is 4.28. The maximum Gasteiger partial charge on any atom is 0.254 e. The topological polar surface area (TPSA) is 46.3 Å². The van der Waals surface area contributed by atoms with Crippen molar-refractivity contribution in [2.75, 3.05) is 7.05 Å². The average molecular weight is 293 g/mol. The number of amides is 1. The molecule has 2 aromatic rings. The smallest absolute Gasteiger partial charge is 0.254 e. The van der Waals surface area contributed by atoms with E-state index in [-0.39, 0.29) is 5.91 Å². The quantitative estimate of drug-likeness (QED) is 0.811. The predicted octanol–water partition coefficient (Wildman–Crippen LogP) is 3.47. The molecule has 4 nitrogen and oxygen atoms in total. The van der Waals surface area contributed by atoms with E-state index in [1.54, 1.807) is 24.1 Å². The van der Waals surface area contributed by atoms with E-state index in [0.717, 1.165) is 23.6 Å². The van der Waals surface area contributed by atoms with Gasteiger partial charge in [-0.05, 0) is 37.6 Å². The summed E-state index contributed by atoms with van der Waals surface area (Å²) >= 11 is 5.94. The minimum Gasteiger partial charge on any atom is -0.464 e. The molecule has 5 heteroatoms. The number of furan rings is 1. The van der Waals surface area contributed by atoms with Gasteiger partial charge in [0.05, 0.1) is 6.54 Å². The fourth-order valence-electron chi connectivity index (χ4n) is 1.95. The molecule has 0 N–H and O–H groups in total. The number of rotatable bonds is 4. The van der Waals surface area contributed by atoms with Crippen molar-refractivity contribution >= 4 is 17.5 Å². The summed E-state index contributed by atoms with van der Waals surface area (Å²) in [4.78, 5) is 18.1. The molecule has 0 aliphatic rings. The molecule has 1 amide bonds. The Kier molecular flexibility index (Phi) is 4.45. The van der Waals surface area contributed by atoms with Crippen molar-refractivity contribution in [2.24, 2.45) is 0 Å². The van der Waals surface area contributed by atoms with Crippen LogP contribution in [0.4, 0.5) is 0 Å². The van der Waals surface area contributed by atoms with E-state index in [4.69, 9.17) is 16.0 Å². The van der Waals surface area contributed by atoms with Crippen LogP contribution in [0.3, 0.4) is 0 Å². The van der Waals surface area contributed by atoms with Crippen LogP contribution < -0.4 is 0 Å². The van der Waals surface area contributed by atoms with E-state index in [9.17, 15) is 4.79 Å². The van der Waals surface area contributed by atoms with Crippen LogP contribution in [0.25, 0.3) is 0 Å². The Balaban J connectivity index is 2.15. The lowest BCUT2D eigenvalue weighted by molar-refractivity contribution is 0.0774. The zero-order chi connectivity index (χ0) is 14.7. The lowest BCUT2D eigenvalue weighted by Crippen LogP contribution is -2.26. The highest BCUT2D eigenvalue weighted by molar-refractivity contribution is 6.29. The molecule has 0 aliphatic heterocycles. The van der Waals surface area contributed by atoms with Gasteiger partial charge in [-0.2, -0.15) is 0 Å². The van der Waals surface area contributed by atoms with Crippen LogP contribution in [0, 0.1) is 6.92 Å². The number of pyridine rings is 1. The summed E-state index contributed by atoms with van der Waals surface area (Å²) in [6, 6.07) is 7.12. The van der Waals surface area contributed by atoms with Crippen LogP contribution in [-0.2, 0) is 13.0 Å². The standard InChI is InChI=1S/C15H17ClN2O2/c1-4-12-7-11(8-14(16)17-12)15(19)18(3)9-13-6-5-10(2)20-13/h5-8H,4,9H2,1-3H3. The van der Waals surface area contributed by atoms with Crippen LogP contribution in [-0.4, -0.2) is 22.8 Å². The van der Waals surface area contributed by atoms with Gasteiger partial charge in [-0.3, -0.25) is 4.79 Å². The third-order valence-electron chi connectivity index (χ3n) is 2.99. The molecule has 0 saturated heterocycles. The average Bonchev–Trinajstić information content (AvgIpc) is 2.82. The second kappa shape index (κ2) is 6.09. The lowest BCUT2D eigenvalue weighted by atomic mass is 10.2. The molecule has 0 bridgehead atoms. The maximum absolute atomic E-state index is 12.4. The zero-order valence-electron chi connectivity index (χ0n) is 11.8. The van der Waals surface area contributed by atoms with E-state index in [1.165, 1.54) is 0 Å². The van der Waals surface area contributed by atoms with Gasteiger partial charge in [-0.15, -0.1) is 0 Å². The Labute approximate surface area is 123 Å². The Morgan fingerprint density at radius 1 is 1.40 bits per heavy atom. The minimum atomic E-state index is -0.0990. The van der Waals surface area contributed by atoms with E-state index < -0.39 is 0 Å². The van der Waals surface area contributed by atoms with Gasteiger partial charge >= 0.3 is 0 Å². The molecule has 0 unspecified atom stereocenters. The second-order valence-electron chi connectivity index (χ2n) is 4.70. The summed E-state index contributed by atoms with van der Waals surface area (Å²) in [5, 5.41) is 0.343. The first-order chi connectivity index (χ1) is 9.49. The number of aromatic nitrogens is 1. The molecule has 2 heterocycles. The van der Waals surface area contributed by atoms with Gasteiger partial charge in [0.25, 0.3) is 5.91 Å². The van der Waals surface area contributed by atoms with Crippen molar-refractivity contribution in [1.82, 2.24) is 9.88 Å². The fraction of sp³-hybridized carbons (Fsp3) is 0.333.